The first-order valence-electron chi connectivity index (χ1n) is 9.12. The zero-order valence-electron chi connectivity index (χ0n) is 17.1. The minimum absolute atomic E-state index is 0. The lowest BCUT2D eigenvalue weighted by Gasteiger charge is -2.20. The first-order valence-corrected chi connectivity index (χ1v) is 9.93. The van der Waals surface area contributed by atoms with Gasteiger partial charge in [-0.2, -0.15) is 0 Å². The first-order chi connectivity index (χ1) is 12.8. The molecule has 0 saturated carbocycles. The summed E-state index contributed by atoms with van der Waals surface area (Å²) in [5.74, 6) is 0.660. The van der Waals surface area contributed by atoms with Crippen molar-refractivity contribution >= 4 is 47.2 Å². The van der Waals surface area contributed by atoms with Crippen LogP contribution >= 0.6 is 35.3 Å². The minimum Gasteiger partial charge on any atom is -0.357 e. The Labute approximate surface area is 188 Å². The second kappa shape index (κ2) is 11.4. The molecule has 1 aromatic carbocycles. The molecule has 1 aromatic heterocycles. The molecule has 1 amide bonds. The van der Waals surface area contributed by atoms with Crippen molar-refractivity contribution in [3.63, 3.8) is 0 Å². The molecule has 0 aliphatic rings. The smallest absolute Gasteiger partial charge is 0.251 e. The predicted molar refractivity (Wildman–Crippen MR) is 128 cm³/mol. The number of amides is 1. The highest BCUT2D eigenvalue weighted by molar-refractivity contribution is 14.0. The number of nitrogens with zero attached hydrogens (tertiary/aromatic N) is 2. The molecule has 28 heavy (non-hydrogen) atoms. The number of aromatic nitrogens is 1. The molecule has 2 aromatic rings. The highest BCUT2D eigenvalue weighted by Gasteiger charge is 2.15. The highest BCUT2D eigenvalue weighted by Crippen LogP contribution is 2.11. The maximum atomic E-state index is 12.3. The molecule has 0 aliphatic carbocycles. The highest BCUT2D eigenvalue weighted by atomic mass is 127. The van der Waals surface area contributed by atoms with Crippen LogP contribution in [0.25, 0.3) is 0 Å². The standard InChI is InChI=1S/C20H29N5OS.HI/c1-6-21-19(24-13-17-22-11-14(2)27-17)23-12-15-8-7-9-16(10-15)18(26)25-20(3,4)5;/h7-11H,6,12-13H2,1-5H3,(H,25,26)(H2,21,23,24);1H. The molecule has 0 radical (unpaired) electrons. The van der Waals surface area contributed by atoms with Crippen molar-refractivity contribution in [3.05, 3.63) is 51.5 Å². The van der Waals surface area contributed by atoms with Gasteiger partial charge in [0.15, 0.2) is 5.96 Å². The van der Waals surface area contributed by atoms with Gasteiger partial charge in [-0.3, -0.25) is 4.79 Å². The van der Waals surface area contributed by atoms with Crippen LogP contribution in [-0.4, -0.2) is 28.9 Å². The number of hydrogen-bond donors (Lipinski definition) is 3. The lowest BCUT2D eigenvalue weighted by Crippen LogP contribution is -2.40. The van der Waals surface area contributed by atoms with E-state index in [9.17, 15) is 4.79 Å². The molecule has 0 unspecified atom stereocenters. The van der Waals surface area contributed by atoms with Crippen LogP contribution in [-0.2, 0) is 13.1 Å². The lowest BCUT2D eigenvalue weighted by molar-refractivity contribution is 0.0919. The van der Waals surface area contributed by atoms with E-state index in [2.05, 4.69) is 25.9 Å². The first kappa shape index (κ1) is 24.4. The molecule has 3 N–H and O–H groups in total. The molecule has 154 valence electrons. The third kappa shape index (κ3) is 8.55. The topological polar surface area (TPSA) is 78.4 Å². The van der Waals surface area contributed by atoms with Crippen LogP contribution < -0.4 is 16.0 Å². The second-order valence-corrected chi connectivity index (χ2v) is 8.64. The molecule has 0 bridgehead atoms. The monoisotopic (exact) mass is 515 g/mol. The lowest BCUT2D eigenvalue weighted by atomic mass is 10.1. The summed E-state index contributed by atoms with van der Waals surface area (Å²) < 4.78 is 0. The summed E-state index contributed by atoms with van der Waals surface area (Å²) >= 11 is 1.67. The summed E-state index contributed by atoms with van der Waals surface area (Å²) in [5.41, 5.74) is 1.37. The molecule has 2 rings (SSSR count). The average molecular weight is 515 g/mol. The van der Waals surface area contributed by atoms with Gasteiger partial charge < -0.3 is 16.0 Å². The van der Waals surface area contributed by atoms with Crippen LogP contribution in [0.2, 0.25) is 0 Å². The fourth-order valence-electron chi connectivity index (χ4n) is 2.38. The van der Waals surface area contributed by atoms with Crippen molar-refractivity contribution in [2.45, 2.75) is 53.2 Å². The number of aliphatic imine (C=N–C) groups is 1. The third-order valence-corrected chi connectivity index (χ3v) is 4.43. The van der Waals surface area contributed by atoms with Gasteiger partial charge in [0, 0.05) is 28.7 Å². The molecular formula is C20H30IN5OS. The Bertz CT molecular complexity index is 798. The van der Waals surface area contributed by atoms with E-state index in [0.717, 1.165) is 23.1 Å². The van der Waals surface area contributed by atoms with Gasteiger partial charge in [-0.25, -0.2) is 9.98 Å². The summed E-state index contributed by atoms with van der Waals surface area (Å²) in [6, 6.07) is 7.58. The Morgan fingerprint density at radius 3 is 2.61 bits per heavy atom. The Kier molecular flexibility index (Phi) is 9.88. The number of aryl methyl sites for hydroxylation is 1. The van der Waals surface area contributed by atoms with Gasteiger partial charge in [0.05, 0.1) is 13.1 Å². The zero-order valence-corrected chi connectivity index (χ0v) is 20.3. The van der Waals surface area contributed by atoms with E-state index in [0.29, 0.717) is 18.7 Å². The van der Waals surface area contributed by atoms with Crippen molar-refractivity contribution in [2.24, 2.45) is 4.99 Å². The molecule has 8 heteroatoms. The van der Waals surface area contributed by atoms with E-state index < -0.39 is 0 Å². The molecule has 0 fully saturated rings. The normalized spacial score (nSPS) is 11.5. The van der Waals surface area contributed by atoms with Gasteiger partial charge in [-0.15, -0.1) is 35.3 Å². The number of hydrogen-bond acceptors (Lipinski definition) is 4. The number of carbonyl (C=O) groups is 1. The Balaban J connectivity index is 0.00000392. The van der Waals surface area contributed by atoms with Crippen LogP contribution in [0.1, 0.15) is 53.5 Å². The summed E-state index contributed by atoms with van der Waals surface area (Å²) in [7, 11) is 0. The number of thiazole rings is 1. The van der Waals surface area contributed by atoms with Crippen LogP contribution in [0.4, 0.5) is 0 Å². The summed E-state index contributed by atoms with van der Waals surface area (Å²) in [5, 5.41) is 10.5. The minimum atomic E-state index is -0.262. The van der Waals surface area contributed by atoms with Crippen LogP contribution in [0.15, 0.2) is 35.5 Å². The quantitative estimate of drug-likeness (QED) is 0.310. The third-order valence-electron chi connectivity index (χ3n) is 3.52. The summed E-state index contributed by atoms with van der Waals surface area (Å²) in [6.07, 6.45) is 1.87. The molecule has 0 saturated heterocycles. The SMILES string of the molecule is CCNC(=NCc1cccc(C(=O)NC(C)(C)C)c1)NCc1ncc(C)s1.I. The average Bonchev–Trinajstić information content (AvgIpc) is 3.01. The van der Waals surface area contributed by atoms with E-state index in [1.54, 1.807) is 11.3 Å². The number of carbonyl (C=O) groups excluding carboxylic acids is 1. The second-order valence-electron chi connectivity index (χ2n) is 7.32. The fraction of sp³-hybridized carbons (Fsp3) is 0.450. The van der Waals surface area contributed by atoms with Crippen LogP contribution in [0.5, 0.6) is 0 Å². The van der Waals surface area contributed by atoms with Crippen molar-refractivity contribution in [1.82, 2.24) is 20.9 Å². The van der Waals surface area contributed by atoms with Gasteiger partial charge in [0.2, 0.25) is 0 Å². The van der Waals surface area contributed by atoms with Crippen molar-refractivity contribution in [1.29, 1.82) is 0 Å². The van der Waals surface area contributed by atoms with Crippen molar-refractivity contribution in [3.8, 4) is 0 Å². The van der Waals surface area contributed by atoms with Gasteiger partial charge in [0.1, 0.15) is 5.01 Å². The maximum absolute atomic E-state index is 12.3. The zero-order chi connectivity index (χ0) is 19.9. The molecular weight excluding hydrogens is 485 g/mol. The van der Waals surface area contributed by atoms with Gasteiger partial charge >= 0.3 is 0 Å². The number of nitrogens with one attached hydrogen (secondary N) is 3. The van der Waals surface area contributed by atoms with Gasteiger partial charge in [0.25, 0.3) is 5.91 Å². The van der Waals surface area contributed by atoms with E-state index in [4.69, 9.17) is 0 Å². The van der Waals surface area contributed by atoms with Gasteiger partial charge in [-0.1, -0.05) is 12.1 Å². The van der Waals surface area contributed by atoms with Crippen molar-refractivity contribution in [2.75, 3.05) is 6.54 Å². The Morgan fingerprint density at radius 1 is 1.25 bits per heavy atom. The van der Waals surface area contributed by atoms with E-state index >= 15 is 0 Å². The summed E-state index contributed by atoms with van der Waals surface area (Å²) in [6.45, 7) is 11.9. The van der Waals surface area contributed by atoms with E-state index in [1.807, 2.05) is 65.1 Å². The molecule has 0 atom stereocenters. The number of benzene rings is 1. The number of rotatable bonds is 6. The van der Waals surface area contributed by atoms with E-state index in [1.165, 1.54) is 4.88 Å². The van der Waals surface area contributed by atoms with Crippen molar-refractivity contribution < 1.29 is 4.79 Å². The molecule has 0 aliphatic heterocycles. The Hall–Kier alpha value is -1.68. The maximum Gasteiger partial charge on any atom is 0.251 e. The number of guanidine groups is 1. The fourth-order valence-corrected chi connectivity index (χ4v) is 3.11. The van der Waals surface area contributed by atoms with Gasteiger partial charge in [-0.05, 0) is 52.3 Å². The molecule has 6 nitrogen and oxygen atoms in total. The molecule has 1 heterocycles. The summed E-state index contributed by atoms with van der Waals surface area (Å²) in [4.78, 5) is 22.5. The number of halogens is 1. The predicted octanol–water partition coefficient (Wildman–Crippen LogP) is 3.85. The van der Waals surface area contributed by atoms with Crippen LogP contribution in [0.3, 0.4) is 0 Å². The Morgan fingerprint density at radius 2 is 2.00 bits per heavy atom. The molecule has 0 spiro atoms. The van der Waals surface area contributed by atoms with E-state index in [-0.39, 0.29) is 35.4 Å². The van der Waals surface area contributed by atoms with Crippen LogP contribution in [0, 0.1) is 6.92 Å². The largest absolute Gasteiger partial charge is 0.357 e.